The van der Waals surface area contributed by atoms with Crippen LogP contribution in [0.3, 0.4) is 0 Å². The van der Waals surface area contributed by atoms with Gasteiger partial charge in [0.2, 0.25) is 0 Å². The van der Waals surface area contributed by atoms with Gasteiger partial charge >= 0.3 is 5.97 Å². The van der Waals surface area contributed by atoms with Gasteiger partial charge in [-0.05, 0) is 27.7 Å². The largest absolute Gasteiger partial charge is 0.459 e. The highest BCUT2D eigenvalue weighted by Gasteiger charge is 2.27. The molecule has 0 aromatic rings. The summed E-state index contributed by atoms with van der Waals surface area (Å²) in [5.41, 5.74) is -0.430. The first kappa shape index (κ1) is 12.5. The van der Waals surface area contributed by atoms with Gasteiger partial charge in [0.25, 0.3) is 0 Å². The molecule has 1 rings (SSSR count). The lowest BCUT2D eigenvalue weighted by atomic mass is 10.2. The number of carbonyl (C=O) groups is 1. The topological polar surface area (TPSA) is 41.6 Å². The predicted octanol–water partition coefficient (Wildman–Crippen LogP) is 0.436. The lowest BCUT2D eigenvalue weighted by molar-refractivity contribution is -0.159. The molecule has 0 bridgehead atoms. The first-order valence-electron chi connectivity index (χ1n) is 5.41. The molecule has 1 saturated heterocycles. The second kappa shape index (κ2) is 4.94. The van der Waals surface area contributed by atoms with Crippen LogP contribution in [-0.4, -0.2) is 48.7 Å². The van der Waals surface area contributed by atoms with Gasteiger partial charge in [0.05, 0.1) is 0 Å². The Bertz CT molecular complexity index is 217. The van der Waals surface area contributed by atoms with E-state index in [1.54, 1.807) is 0 Å². The Hall–Kier alpha value is -0.610. The van der Waals surface area contributed by atoms with Crippen molar-refractivity contribution in [2.45, 2.75) is 32.4 Å². The SMILES string of the molecule is [CH2]C(C(=O)OC(C)(C)C)N1CCNCC1. The number of nitrogens with zero attached hydrogens (tertiary/aromatic N) is 1. The summed E-state index contributed by atoms with van der Waals surface area (Å²) in [7, 11) is 0. The summed E-state index contributed by atoms with van der Waals surface area (Å²) < 4.78 is 5.29. The third-order valence-corrected chi connectivity index (χ3v) is 2.27. The Morgan fingerprint density at radius 2 is 1.93 bits per heavy atom. The molecule has 0 aromatic heterocycles. The molecule has 4 nitrogen and oxygen atoms in total. The normalized spacial score (nSPS) is 21.1. The Morgan fingerprint density at radius 3 is 2.40 bits per heavy atom. The van der Waals surface area contributed by atoms with E-state index >= 15 is 0 Å². The van der Waals surface area contributed by atoms with Crippen LogP contribution in [0.5, 0.6) is 0 Å². The van der Waals surface area contributed by atoms with Crippen molar-refractivity contribution in [1.29, 1.82) is 0 Å². The van der Waals surface area contributed by atoms with Crippen molar-refractivity contribution in [3.05, 3.63) is 6.92 Å². The van der Waals surface area contributed by atoms with Gasteiger partial charge in [0.15, 0.2) is 0 Å². The molecule has 15 heavy (non-hydrogen) atoms. The number of hydrogen-bond donors (Lipinski definition) is 1. The van der Waals surface area contributed by atoms with E-state index in [2.05, 4.69) is 12.2 Å². The van der Waals surface area contributed by atoms with Gasteiger partial charge in [-0.1, -0.05) is 0 Å². The quantitative estimate of drug-likeness (QED) is 0.676. The maximum atomic E-state index is 11.7. The van der Waals surface area contributed by atoms with Gasteiger partial charge in [0.1, 0.15) is 11.6 Å². The highest BCUT2D eigenvalue weighted by molar-refractivity contribution is 5.77. The molecule has 1 atom stereocenters. The Kier molecular flexibility index (Phi) is 4.11. The zero-order chi connectivity index (χ0) is 11.5. The first-order chi connectivity index (χ1) is 6.90. The number of carbonyl (C=O) groups excluding carboxylic acids is 1. The van der Waals surface area contributed by atoms with Crippen molar-refractivity contribution in [1.82, 2.24) is 10.2 Å². The smallest absolute Gasteiger partial charge is 0.323 e. The summed E-state index contributed by atoms with van der Waals surface area (Å²) in [6, 6.07) is -0.383. The van der Waals surface area contributed by atoms with E-state index in [-0.39, 0.29) is 12.0 Å². The van der Waals surface area contributed by atoms with Crippen LogP contribution in [0.25, 0.3) is 0 Å². The Labute approximate surface area is 92.0 Å². The van der Waals surface area contributed by atoms with Crippen molar-refractivity contribution >= 4 is 5.97 Å². The maximum absolute atomic E-state index is 11.7. The molecule has 0 aliphatic carbocycles. The van der Waals surface area contributed by atoms with Crippen molar-refractivity contribution in [3.63, 3.8) is 0 Å². The highest BCUT2D eigenvalue weighted by atomic mass is 16.6. The molecule has 0 saturated carbocycles. The van der Waals surface area contributed by atoms with Crippen LogP contribution in [-0.2, 0) is 9.53 Å². The third-order valence-electron chi connectivity index (χ3n) is 2.27. The van der Waals surface area contributed by atoms with Crippen LogP contribution in [0.15, 0.2) is 0 Å². The number of ether oxygens (including phenoxy) is 1. The Balaban J connectivity index is 2.44. The fourth-order valence-electron chi connectivity index (χ4n) is 1.51. The van der Waals surface area contributed by atoms with E-state index in [1.807, 2.05) is 25.7 Å². The summed E-state index contributed by atoms with van der Waals surface area (Å²) >= 11 is 0. The highest BCUT2D eigenvalue weighted by Crippen LogP contribution is 2.11. The van der Waals surface area contributed by atoms with Crippen molar-refractivity contribution in [3.8, 4) is 0 Å². The lowest BCUT2D eigenvalue weighted by Gasteiger charge is -2.32. The first-order valence-corrected chi connectivity index (χ1v) is 5.41. The second-order valence-corrected chi connectivity index (χ2v) is 4.84. The van der Waals surface area contributed by atoms with Gasteiger partial charge in [0, 0.05) is 26.2 Å². The molecular weight excluding hydrogens is 192 g/mol. The second-order valence-electron chi connectivity index (χ2n) is 4.84. The summed E-state index contributed by atoms with van der Waals surface area (Å²) in [6.07, 6.45) is 0. The van der Waals surface area contributed by atoms with E-state index in [4.69, 9.17) is 4.74 Å². The van der Waals surface area contributed by atoms with Crippen LogP contribution in [0.4, 0.5) is 0 Å². The zero-order valence-electron chi connectivity index (χ0n) is 9.88. The molecule has 1 N–H and O–H groups in total. The van der Waals surface area contributed by atoms with E-state index < -0.39 is 5.60 Å². The minimum Gasteiger partial charge on any atom is -0.459 e. The summed E-state index contributed by atoms with van der Waals surface area (Å²) in [5, 5.41) is 3.24. The van der Waals surface area contributed by atoms with Gasteiger partial charge in [-0.15, -0.1) is 0 Å². The molecule has 1 heterocycles. The van der Waals surface area contributed by atoms with Crippen molar-refractivity contribution in [2.75, 3.05) is 26.2 Å². The van der Waals surface area contributed by atoms with Crippen LogP contribution in [0.2, 0.25) is 0 Å². The van der Waals surface area contributed by atoms with Gasteiger partial charge < -0.3 is 10.1 Å². The molecule has 0 spiro atoms. The summed E-state index contributed by atoms with van der Waals surface area (Å²) in [5.74, 6) is -0.232. The van der Waals surface area contributed by atoms with Gasteiger partial charge in [-0.2, -0.15) is 0 Å². The van der Waals surface area contributed by atoms with Gasteiger partial charge in [-0.3, -0.25) is 9.69 Å². The summed E-state index contributed by atoms with van der Waals surface area (Å²) in [4.78, 5) is 13.8. The fraction of sp³-hybridized carbons (Fsp3) is 0.818. The number of nitrogens with one attached hydrogen (secondary N) is 1. The molecular formula is C11H21N2O2. The number of piperazine rings is 1. The fourth-order valence-corrected chi connectivity index (χ4v) is 1.51. The van der Waals surface area contributed by atoms with Crippen LogP contribution in [0.1, 0.15) is 20.8 Å². The molecule has 1 fully saturated rings. The summed E-state index contributed by atoms with van der Waals surface area (Å²) in [6.45, 7) is 13.0. The maximum Gasteiger partial charge on any atom is 0.323 e. The number of rotatable bonds is 2. The van der Waals surface area contributed by atoms with Crippen molar-refractivity contribution < 1.29 is 9.53 Å². The number of hydrogen-bond acceptors (Lipinski definition) is 4. The van der Waals surface area contributed by atoms with E-state index in [9.17, 15) is 4.79 Å². The molecule has 1 radical (unpaired) electrons. The minimum atomic E-state index is -0.430. The van der Waals surface area contributed by atoms with Gasteiger partial charge in [-0.25, -0.2) is 0 Å². The van der Waals surface area contributed by atoms with E-state index in [0.717, 1.165) is 26.2 Å². The van der Waals surface area contributed by atoms with Crippen molar-refractivity contribution in [2.24, 2.45) is 0 Å². The third kappa shape index (κ3) is 4.18. The van der Waals surface area contributed by atoms with E-state index in [1.165, 1.54) is 0 Å². The molecule has 87 valence electrons. The Morgan fingerprint density at radius 1 is 1.40 bits per heavy atom. The molecule has 1 aliphatic rings. The molecule has 0 amide bonds. The molecule has 1 unspecified atom stereocenters. The average Bonchev–Trinajstić information content (AvgIpc) is 2.15. The standard InChI is InChI=1S/C11H21N2O2/c1-9(10(14)15-11(2,3)4)13-7-5-12-6-8-13/h9,12H,1,5-8H2,2-4H3. The molecule has 0 aromatic carbocycles. The average molecular weight is 213 g/mol. The number of esters is 1. The van der Waals surface area contributed by atoms with E-state index in [0.29, 0.717) is 0 Å². The van der Waals surface area contributed by atoms with Crippen LogP contribution < -0.4 is 5.32 Å². The molecule has 4 heteroatoms. The lowest BCUT2D eigenvalue weighted by Crippen LogP contribution is -2.51. The minimum absolute atomic E-state index is 0.232. The molecule has 1 aliphatic heterocycles. The van der Waals surface area contributed by atoms with Crippen LogP contribution >= 0.6 is 0 Å². The zero-order valence-corrected chi connectivity index (χ0v) is 9.88. The predicted molar refractivity (Wildman–Crippen MR) is 59.4 cm³/mol. The van der Waals surface area contributed by atoms with Crippen LogP contribution in [0, 0.1) is 6.92 Å². The monoisotopic (exact) mass is 213 g/mol.